The first-order valence-corrected chi connectivity index (χ1v) is 13.8. The van der Waals surface area contributed by atoms with Crippen molar-refractivity contribution in [1.29, 1.82) is 0 Å². The van der Waals surface area contributed by atoms with Crippen LogP contribution in [0.15, 0.2) is 114 Å². The van der Waals surface area contributed by atoms with Crippen LogP contribution >= 0.6 is 15.9 Å². The first-order valence-electron chi connectivity index (χ1n) is 13.0. The fourth-order valence-electron chi connectivity index (χ4n) is 5.65. The molecule has 0 saturated carbocycles. The second-order valence-electron chi connectivity index (χ2n) is 9.74. The average Bonchev–Trinajstić information content (AvgIpc) is 3.33. The summed E-state index contributed by atoms with van der Waals surface area (Å²) in [6, 6.07) is 37.6. The van der Waals surface area contributed by atoms with Crippen molar-refractivity contribution in [3.63, 3.8) is 0 Å². The van der Waals surface area contributed by atoms with E-state index in [1.165, 1.54) is 0 Å². The van der Waals surface area contributed by atoms with Crippen LogP contribution in [0.1, 0.15) is 29.5 Å². The molecule has 190 valence electrons. The lowest BCUT2D eigenvalue weighted by Crippen LogP contribution is -2.38. The maximum Gasteiger partial charge on any atom is 0.228 e. The molecule has 1 aliphatic heterocycles. The number of nitrogens with one attached hydrogen (secondary N) is 2. The van der Waals surface area contributed by atoms with Crippen molar-refractivity contribution in [3.05, 3.63) is 130 Å². The molecule has 0 bridgehead atoms. The van der Waals surface area contributed by atoms with Crippen molar-refractivity contribution in [1.82, 2.24) is 15.1 Å². The van der Waals surface area contributed by atoms with E-state index in [1.807, 2.05) is 30.3 Å². The highest BCUT2D eigenvalue weighted by Gasteiger charge is 2.41. The van der Waals surface area contributed by atoms with E-state index < -0.39 is 5.54 Å². The van der Waals surface area contributed by atoms with Gasteiger partial charge in [-0.05, 0) is 60.8 Å². The molecule has 1 fully saturated rings. The van der Waals surface area contributed by atoms with Gasteiger partial charge in [0, 0.05) is 15.8 Å². The molecule has 4 aromatic carbocycles. The second-order valence-corrected chi connectivity index (χ2v) is 10.7. The Kier molecular flexibility index (Phi) is 6.83. The van der Waals surface area contributed by atoms with Gasteiger partial charge in [-0.25, -0.2) is 4.68 Å². The predicted molar refractivity (Wildman–Crippen MR) is 156 cm³/mol. The molecule has 5 aromatic rings. The molecule has 1 amide bonds. The number of aromatic nitrogens is 2. The molecule has 38 heavy (non-hydrogen) atoms. The summed E-state index contributed by atoms with van der Waals surface area (Å²) >= 11 is 3.65. The van der Waals surface area contributed by atoms with Crippen LogP contribution in [0.3, 0.4) is 0 Å². The Balaban J connectivity index is 1.63. The van der Waals surface area contributed by atoms with Gasteiger partial charge in [0.05, 0.1) is 5.52 Å². The third-order valence-electron chi connectivity index (χ3n) is 7.49. The molecule has 1 saturated heterocycles. The third kappa shape index (κ3) is 4.34. The van der Waals surface area contributed by atoms with Crippen molar-refractivity contribution in [3.8, 4) is 0 Å². The van der Waals surface area contributed by atoms with E-state index in [2.05, 4.69) is 110 Å². The van der Waals surface area contributed by atoms with Gasteiger partial charge >= 0.3 is 0 Å². The number of nitrogens with zero attached hydrogens (tertiary/aromatic N) is 2. The Labute approximate surface area is 231 Å². The fourth-order valence-corrected chi connectivity index (χ4v) is 6.01. The van der Waals surface area contributed by atoms with Gasteiger partial charge < -0.3 is 10.6 Å². The summed E-state index contributed by atoms with van der Waals surface area (Å²) in [6.07, 6.45) is 1.66. The molecule has 1 aliphatic rings. The summed E-state index contributed by atoms with van der Waals surface area (Å²) in [7, 11) is 0. The van der Waals surface area contributed by atoms with Crippen LogP contribution in [0.25, 0.3) is 10.9 Å². The number of anilines is 1. The number of halogens is 1. The van der Waals surface area contributed by atoms with Crippen LogP contribution in [-0.4, -0.2) is 28.8 Å². The summed E-state index contributed by atoms with van der Waals surface area (Å²) < 4.78 is 3.03. The minimum absolute atomic E-state index is 0.0225. The molecular formula is C32H29BrN4O. The molecule has 0 spiro atoms. The highest BCUT2D eigenvalue weighted by atomic mass is 79.9. The minimum atomic E-state index is -0.770. The van der Waals surface area contributed by atoms with Crippen LogP contribution in [0.4, 0.5) is 5.82 Å². The van der Waals surface area contributed by atoms with Gasteiger partial charge in [-0.3, -0.25) is 4.79 Å². The molecule has 1 aromatic heterocycles. The van der Waals surface area contributed by atoms with Crippen molar-refractivity contribution in [2.45, 2.75) is 18.4 Å². The second kappa shape index (κ2) is 10.6. The maximum atomic E-state index is 13.4. The summed E-state index contributed by atoms with van der Waals surface area (Å²) in [5.41, 5.74) is 3.42. The Morgan fingerprint density at radius 1 is 0.816 bits per heavy atom. The zero-order chi connectivity index (χ0) is 26.0. The third-order valence-corrected chi connectivity index (χ3v) is 7.98. The SMILES string of the molecule is O=C(Nc1nn(C(c2ccccc2)(c2ccccc2)c2ccccc2)c2ccc(Br)cc12)C1CCNCC1. The van der Waals surface area contributed by atoms with Gasteiger partial charge in [-0.1, -0.05) is 107 Å². The Morgan fingerprint density at radius 2 is 1.34 bits per heavy atom. The van der Waals surface area contributed by atoms with Crippen LogP contribution in [0.5, 0.6) is 0 Å². The van der Waals surface area contributed by atoms with E-state index in [0.29, 0.717) is 5.82 Å². The number of rotatable bonds is 6. The summed E-state index contributed by atoms with van der Waals surface area (Å²) in [5.74, 6) is 0.588. The lowest BCUT2D eigenvalue weighted by atomic mass is 9.77. The van der Waals surface area contributed by atoms with E-state index in [-0.39, 0.29) is 11.8 Å². The van der Waals surface area contributed by atoms with E-state index in [4.69, 9.17) is 5.10 Å². The molecule has 6 rings (SSSR count). The van der Waals surface area contributed by atoms with Crippen LogP contribution in [0, 0.1) is 5.92 Å². The van der Waals surface area contributed by atoms with Crippen molar-refractivity contribution in [2.75, 3.05) is 18.4 Å². The lowest BCUT2D eigenvalue weighted by Gasteiger charge is -2.37. The van der Waals surface area contributed by atoms with Gasteiger partial charge in [0.15, 0.2) is 5.82 Å². The molecule has 2 N–H and O–H groups in total. The van der Waals surface area contributed by atoms with Gasteiger partial charge in [-0.2, -0.15) is 5.10 Å². The molecule has 0 aliphatic carbocycles. The number of benzene rings is 4. The molecule has 0 radical (unpaired) electrons. The molecular weight excluding hydrogens is 536 g/mol. The van der Waals surface area contributed by atoms with Gasteiger partial charge in [-0.15, -0.1) is 0 Å². The maximum absolute atomic E-state index is 13.4. The van der Waals surface area contributed by atoms with Crippen LogP contribution in [0.2, 0.25) is 0 Å². The van der Waals surface area contributed by atoms with Crippen molar-refractivity contribution >= 4 is 38.6 Å². The van der Waals surface area contributed by atoms with E-state index in [0.717, 1.165) is 58.0 Å². The first-order chi connectivity index (χ1) is 18.7. The van der Waals surface area contributed by atoms with Crippen LogP contribution in [-0.2, 0) is 10.3 Å². The van der Waals surface area contributed by atoms with E-state index in [9.17, 15) is 4.79 Å². The highest BCUT2D eigenvalue weighted by molar-refractivity contribution is 9.10. The van der Waals surface area contributed by atoms with Crippen molar-refractivity contribution < 1.29 is 4.79 Å². The Bertz CT molecular complexity index is 1450. The lowest BCUT2D eigenvalue weighted by molar-refractivity contribution is -0.120. The number of hydrogen-bond donors (Lipinski definition) is 2. The normalized spacial score (nSPS) is 14.4. The smallest absolute Gasteiger partial charge is 0.228 e. The minimum Gasteiger partial charge on any atom is -0.317 e. The number of piperidine rings is 1. The zero-order valence-electron chi connectivity index (χ0n) is 21.0. The monoisotopic (exact) mass is 564 g/mol. The molecule has 0 atom stereocenters. The molecule has 2 heterocycles. The fraction of sp³-hybridized carbons (Fsp3) is 0.188. The number of amides is 1. The number of carbonyl (C=O) groups is 1. The topological polar surface area (TPSA) is 59.0 Å². The van der Waals surface area contributed by atoms with Crippen molar-refractivity contribution in [2.24, 2.45) is 5.92 Å². The Hall–Kier alpha value is -3.74. The quantitative estimate of drug-likeness (QED) is 0.229. The summed E-state index contributed by atoms with van der Waals surface area (Å²) in [6.45, 7) is 1.72. The van der Waals surface area contributed by atoms with E-state index >= 15 is 0 Å². The highest BCUT2D eigenvalue weighted by Crippen LogP contribution is 2.43. The van der Waals surface area contributed by atoms with Gasteiger partial charge in [0.1, 0.15) is 5.54 Å². The first kappa shape index (κ1) is 24.6. The predicted octanol–water partition coefficient (Wildman–Crippen LogP) is 6.58. The standard InChI is InChI=1S/C32H29BrN4O/c33-27-16-17-29-28(22-27)30(35-31(38)23-18-20-34-21-19-23)36-37(29)32(24-10-4-1-5-11-24,25-12-6-2-7-13-25)26-14-8-3-9-15-26/h1-17,22-23,34H,18-21H2,(H,35,36,38). The van der Waals surface area contributed by atoms with Gasteiger partial charge in [0.25, 0.3) is 0 Å². The number of carbonyl (C=O) groups excluding carboxylic acids is 1. The zero-order valence-corrected chi connectivity index (χ0v) is 22.6. The van der Waals surface area contributed by atoms with Gasteiger partial charge in [0.2, 0.25) is 5.91 Å². The summed E-state index contributed by atoms with van der Waals surface area (Å²) in [5, 5.41) is 12.7. The molecule has 6 heteroatoms. The molecule has 0 unspecified atom stereocenters. The summed E-state index contributed by atoms with van der Waals surface area (Å²) in [4.78, 5) is 13.4. The number of fused-ring (bicyclic) bond motifs is 1. The van der Waals surface area contributed by atoms with E-state index in [1.54, 1.807) is 0 Å². The molecule has 5 nitrogen and oxygen atoms in total. The average molecular weight is 566 g/mol. The number of hydrogen-bond acceptors (Lipinski definition) is 3. The largest absolute Gasteiger partial charge is 0.317 e. The van der Waals surface area contributed by atoms with Crippen LogP contribution < -0.4 is 10.6 Å². The Morgan fingerprint density at radius 3 is 1.87 bits per heavy atom.